The summed E-state index contributed by atoms with van der Waals surface area (Å²) in [6.45, 7) is 6.40. The fourth-order valence-corrected chi connectivity index (χ4v) is 4.44. The third-order valence-electron chi connectivity index (χ3n) is 6.61. The number of ether oxygens (including phenoxy) is 1. The lowest BCUT2D eigenvalue weighted by Crippen LogP contribution is -2.42. The molecule has 10 heteroatoms. The number of imidazole rings is 1. The Hall–Kier alpha value is -4.21. The van der Waals surface area contributed by atoms with Crippen LogP contribution in [0.4, 0.5) is 4.79 Å². The second-order valence-corrected chi connectivity index (χ2v) is 10.5. The summed E-state index contributed by atoms with van der Waals surface area (Å²) in [6, 6.07) is 8.62. The number of aromatic nitrogens is 3. The van der Waals surface area contributed by atoms with Crippen LogP contribution in [-0.4, -0.2) is 64.5 Å². The third kappa shape index (κ3) is 7.91. The van der Waals surface area contributed by atoms with E-state index < -0.39 is 12.1 Å². The van der Waals surface area contributed by atoms with Crippen molar-refractivity contribution in [3.63, 3.8) is 0 Å². The van der Waals surface area contributed by atoms with Gasteiger partial charge in [0.25, 0.3) is 5.56 Å². The summed E-state index contributed by atoms with van der Waals surface area (Å²) in [6.07, 6.45) is 3.71. The molecule has 214 valence electrons. The molecular weight excluding hydrogens is 510 g/mol. The molecule has 0 fully saturated rings. The van der Waals surface area contributed by atoms with Crippen LogP contribution in [0, 0.1) is 12.8 Å². The van der Waals surface area contributed by atoms with Crippen molar-refractivity contribution in [2.24, 2.45) is 5.92 Å². The number of aromatic amines is 1. The molecule has 0 bridgehead atoms. The van der Waals surface area contributed by atoms with Gasteiger partial charge >= 0.3 is 6.09 Å². The Morgan fingerprint density at radius 3 is 2.58 bits per heavy atom. The number of para-hydroxylation sites is 1. The zero-order valence-electron chi connectivity index (χ0n) is 24.1. The zero-order valence-corrected chi connectivity index (χ0v) is 24.1. The Labute approximate surface area is 234 Å². The van der Waals surface area contributed by atoms with E-state index in [0.717, 1.165) is 28.7 Å². The van der Waals surface area contributed by atoms with E-state index in [1.54, 1.807) is 36.9 Å². The van der Waals surface area contributed by atoms with Gasteiger partial charge in [0.15, 0.2) is 5.78 Å². The summed E-state index contributed by atoms with van der Waals surface area (Å²) in [4.78, 5) is 59.9. The highest BCUT2D eigenvalue weighted by Crippen LogP contribution is 2.20. The highest BCUT2D eigenvalue weighted by atomic mass is 16.5. The topological polar surface area (TPSA) is 126 Å². The maximum absolute atomic E-state index is 13.5. The number of Topliss-reactive ketones (excluding diaryl/α,β-unsaturated/α-hetero) is 1. The minimum atomic E-state index is -0.879. The first kappa shape index (κ1) is 30.3. The minimum absolute atomic E-state index is 0.160. The van der Waals surface area contributed by atoms with Gasteiger partial charge in [-0.15, -0.1) is 0 Å². The zero-order chi connectivity index (χ0) is 29.4. The number of methoxy groups -OCH3 is 1. The van der Waals surface area contributed by atoms with Gasteiger partial charge in [-0.2, -0.15) is 0 Å². The van der Waals surface area contributed by atoms with E-state index in [9.17, 15) is 19.2 Å². The standard InChI is InChI=1S/C30H39N5O5/c1-19(2)16-21-10-9-12-24-28(21)33-26(31-24)18-35-20(3)14-15-22(29(35)38)17-25(36)23(32-30(39)40-6)11-7-8-13-27(37)34(4)5/h8-10,12-15,19,23H,7,11,16-18H2,1-6H3,(H,31,33)(H,32,39)/b13-8+/t23-/m0/s1. The average molecular weight is 550 g/mol. The first-order chi connectivity index (χ1) is 19.0. The molecule has 0 aliphatic carbocycles. The number of benzene rings is 1. The van der Waals surface area contributed by atoms with Crippen molar-refractivity contribution in [2.45, 2.75) is 59.0 Å². The van der Waals surface area contributed by atoms with Crippen LogP contribution in [0.15, 0.2) is 47.3 Å². The number of nitrogens with one attached hydrogen (secondary N) is 2. The van der Waals surface area contributed by atoms with E-state index in [4.69, 9.17) is 4.98 Å². The van der Waals surface area contributed by atoms with Gasteiger partial charge in [0.1, 0.15) is 5.82 Å². The van der Waals surface area contributed by atoms with Crippen LogP contribution in [0.25, 0.3) is 11.0 Å². The van der Waals surface area contributed by atoms with Gasteiger partial charge in [0, 0.05) is 31.8 Å². The number of carbonyl (C=O) groups is 3. The fourth-order valence-electron chi connectivity index (χ4n) is 4.44. The number of allylic oxidation sites excluding steroid dienone is 1. The number of ketones is 1. The molecule has 3 aromatic rings. The molecule has 0 aliphatic rings. The lowest BCUT2D eigenvalue weighted by molar-refractivity contribution is -0.123. The largest absolute Gasteiger partial charge is 0.453 e. The molecule has 1 aromatic carbocycles. The smallest absolute Gasteiger partial charge is 0.407 e. The van der Waals surface area contributed by atoms with Crippen molar-refractivity contribution < 1.29 is 19.1 Å². The van der Waals surface area contributed by atoms with E-state index in [1.165, 1.54) is 18.1 Å². The van der Waals surface area contributed by atoms with E-state index in [0.29, 0.717) is 23.7 Å². The van der Waals surface area contributed by atoms with Crippen LogP contribution < -0.4 is 10.9 Å². The molecule has 0 unspecified atom stereocenters. The number of amides is 2. The van der Waals surface area contributed by atoms with Crippen LogP contribution in [0.1, 0.15) is 49.3 Å². The highest BCUT2D eigenvalue weighted by Gasteiger charge is 2.22. The second kappa shape index (κ2) is 13.7. The van der Waals surface area contributed by atoms with Gasteiger partial charge < -0.3 is 24.5 Å². The molecule has 1 atom stereocenters. The lowest BCUT2D eigenvalue weighted by atomic mass is 10.0. The molecule has 2 N–H and O–H groups in total. The van der Waals surface area contributed by atoms with Gasteiger partial charge in [-0.3, -0.25) is 14.4 Å². The van der Waals surface area contributed by atoms with E-state index in [-0.39, 0.29) is 36.6 Å². The van der Waals surface area contributed by atoms with Gasteiger partial charge in [0.05, 0.1) is 30.7 Å². The quantitative estimate of drug-likeness (QED) is 0.333. The number of likely N-dealkylation sites (N-methyl/N-ethyl adjacent to an activating group) is 1. The summed E-state index contributed by atoms with van der Waals surface area (Å²) in [5.74, 6) is 0.639. The predicted molar refractivity (Wildman–Crippen MR) is 154 cm³/mol. The van der Waals surface area contributed by atoms with Crippen molar-refractivity contribution in [3.8, 4) is 0 Å². The molecule has 2 amide bonds. The van der Waals surface area contributed by atoms with Crippen LogP contribution in [0.3, 0.4) is 0 Å². The third-order valence-corrected chi connectivity index (χ3v) is 6.61. The normalized spacial score (nSPS) is 12.2. The lowest BCUT2D eigenvalue weighted by Gasteiger charge is -2.17. The first-order valence-electron chi connectivity index (χ1n) is 13.4. The van der Waals surface area contributed by atoms with Crippen molar-refractivity contribution in [2.75, 3.05) is 21.2 Å². The van der Waals surface area contributed by atoms with E-state index >= 15 is 0 Å². The van der Waals surface area contributed by atoms with Gasteiger partial charge in [-0.05, 0) is 55.9 Å². The van der Waals surface area contributed by atoms with Crippen molar-refractivity contribution in [1.29, 1.82) is 0 Å². The molecular formula is C30H39N5O5. The van der Waals surface area contributed by atoms with Crippen LogP contribution in [0.5, 0.6) is 0 Å². The summed E-state index contributed by atoms with van der Waals surface area (Å²) in [5, 5.41) is 2.55. The van der Waals surface area contributed by atoms with Crippen LogP contribution in [-0.2, 0) is 33.7 Å². The number of aryl methyl sites for hydroxylation is 1. The van der Waals surface area contributed by atoms with Gasteiger partial charge in [0.2, 0.25) is 5.91 Å². The van der Waals surface area contributed by atoms with E-state index in [2.05, 4.69) is 35.0 Å². The number of pyridine rings is 1. The fraction of sp³-hybridized carbons (Fsp3) is 0.433. The molecule has 3 rings (SSSR count). The maximum Gasteiger partial charge on any atom is 0.407 e. The van der Waals surface area contributed by atoms with E-state index in [1.807, 2.05) is 19.1 Å². The Kier molecular flexibility index (Phi) is 10.4. The Balaban J connectivity index is 1.80. The number of hydrogen-bond acceptors (Lipinski definition) is 6. The molecule has 40 heavy (non-hydrogen) atoms. The molecule has 0 saturated heterocycles. The number of H-pyrrole nitrogens is 1. The summed E-state index contributed by atoms with van der Waals surface area (Å²) >= 11 is 0. The highest BCUT2D eigenvalue weighted by molar-refractivity contribution is 5.89. The number of rotatable bonds is 12. The first-order valence-corrected chi connectivity index (χ1v) is 13.4. The predicted octanol–water partition coefficient (Wildman–Crippen LogP) is 3.54. The monoisotopic (exact) mass is 549 g/mol. The second-order valence-electron chi connectivity index (χ2n) is 10.5. The minimum Gasteiger partial charge on any atom is -0.453 e. The molecule has 0 spiro atoms. The molecule has 10 nitrogen and oxygen atoms in total. The average Bonchev–Trinajstić information content (AvgIpc) is 3.33. The number of nitrogens with zero attached hydrogens (tertiary/aromatic N) is 3. The number of hydrogen-bond donors (Lipinski definition) is 2. The Bertz CT molecular complexity index is 1450. The van der Waals surface area contributed by atoms with Crippen molar-refractivity contribution in [1.82, 2.24) is 24.8 Å². The van der Waals surface area contributed by atoms with Crippen LogP contribution in [0.2, 0.25) is 0 Å². The molecule has 0 aliphatic heterocycles. The number of alkyl carbamates (subject to hydrolysis) is 1. The molecule has 2 aromatic heterocycles. The van der Waals surface area contributed by atoms with Gasteiger partial charge in [-0.25, -0.2) is 9.78 Å². The van der Waals surface area contributed by atoms with Crippen LogP contribution >= 0.6 is 0 Å². The maximum atomic E-state index is 13.5. The summed E-state index contributed by atoms with van der Waals surface area (Å²) in [5.41, 5.74) is 3.75. The molecule has 2 heterocycles. The summed E-state index contributed by atoms with van der Waals surface area (Å²) < 4.78 is 6.28. The van der Waals surface area contributed by atoms with Crippen molar-refractivity contribution >= 4 is 28.8 Å². The SMILES string of the molecule is COC(=O)N[C@@H](CC/C=C/C(=O)N(C)C)C(=O)Cc1ccc(C)n(Cc2nc3c(CC(C)C)cccc3[nH]2)c1=O. The number of fused-ring (bicyclic) bond motifs is 1. The Morgan fingerprint density at radius 1 is 1.15 bits per heavy atom. The number of carbonyl (C=O) groups excluding carboxylic acids is 3. The Morgan fingerprint density at radius 2 is 1.90 bits per heavy atom. The summed E-state index contributed by atoms with van der Waals surface area (Å²) in [7, 11) is 4.50. The molecule has 0 radical (unpaired) electrons. The van der Waals surface area contributed by atoms with Crippen molar-refractivity contribution in [3.05, 3.63) is 75.5 Å². The van der Waals surface area contributed by atoms with Gasteiger partial charge in [-0.1, -0.05) is 38.1 Å². The molecule has 0 saturated carbocycles.